The van der Waals surface area contributed by atoms with E-state index in [0.29, 0.717) is 0 Å². The van der Waals surface area contributed by atoms with Crippen molar-refractivity contribution < 1.29 is 19.1 Å². The van der Waals surface area contributed by atoms with Crippen LogP contribution in [0.25, 0.3) is 0 Å². The Morgan fingerprint density at radius 3 is 2.44 bits per heavy atom. The van der Waals surface area contributed by atoms with Gasteiger partial charge in [-0.3, -0.25) is 0 Å². The molecule has 94 valence electrons. The first-order valence-electron chi connectivity index (χ1n) is 5.39. The molecule has 0 atom stereocenters. The summed E-state index contributed by atoms with van der Waals surface area (Å²) < 4.78 is 9.56. The summed E-state index contributed by atoms with van der Waals surface area (Å²) in [6, 6.07) is 3.11. The molecule has 6 nitrogen and oxygen atoms in total. The standard InChI is InChI=1S/C12H12N2O4/c1-3-17-11(15)8-5-6-14-10(9(8)7-13)12(16)18-4-2/h5-6H,3-4H2,1-2H3. The fourth-order valence-corrected chi connectivity index (χ4v) is 1.31. The second kappa shape index (κ2) is 6.35. The second-order valence-electron chi connectivity index (χ2n) is 3.13. The lowest BCUT2D eigenvalue weighted by Crippen LogP contribution is -2.14. The van der Waals surface area contributed by atoms with Crippen LogP contribution in [0.3, 0.4) is 0 Å². The van der Waals surface area contributed by atoms with Gasteiger partial charge in [-0.2, -0.15) is 5.26 Å². The minimum atomic E-state index is -0.736. The van der Waals surface area contributed by atoms with Gasteiger partial charge in [-0.15, -0.1) is 0 Å². The van der Waals surface area contributed by atoms with E-state index in [-0.39, 0.29) is 30.0 Å². The lowest BCUT2D eigenvalue weighted by molar-refractivity contribution is 0.0518. The molecule has 0 aromatic carbocycles. The number of nitrogens with zero attached hydrogens (tertiary/aromatic N) is 2. The molecule has 6 heteroatoms. The average molecular weight is 248 g/mol. The zero-order chi connectivity index (χ0) is 13.5. The Morgan fingerprint density at radius 1 is 1.28 bits per heavy atom. The summed E-state index contributed by atoms with van der Waals surface area (Å²) in [6.45, 7) is 3.63. The van der Waals surface area contributed by atoms with Gasteiger partial charge >= 0.3 is 11.9 Å². The van der Waals surface area contributed by atoms with Gasteiger partial charge in [0.1, 0.15) is 6.07 Å². The van der Waals surface area contributed by atoms with E-state index in [0.717, 1.165) is 0 Å². The monoisotopic (exact) mass is 248 g/mol. The van der Waals surface area contributed by atoms with E-state index in [4.69, 9.17) is 14.7 Å². The Hall–Kier alpha value is -2.42. The molecule has 0 aliphatic carbocycles. The van der Waals surface area contributed by atoms with Crippen molar-refractivity contribution >= 4 is 11.9 Å². The van der Waals surface area contributed by atoms with E-state index in [1.54, 1.807) is 19.9 Å². The maximum Gasteiger partial charge on any atom is 0.358 e. The highest BCUT2D eigenvalue weighted by Crippen LogP contribution is 2.14. The van der Waals surface area contributed by atoms with E-state index >= 15 is 0 Å². The summed E-state index contributed by atoms with van der Waals surface area (Å²) in [5.74, 6) is -1.40. The number of nitriles is 1. The van der Waals surface area contributed by atoms with Crippen LogP contribution < -0.4 is 0 Å². The Morgan fingerprint density at radius 2 is 1.89 bits per heavy atom. The van der Waals surface area contributed by atoms with Gasteiger partial charge in [0.25, 0.3) is 0 Å². The fourth-order valence-electron chi connectivity index (χ4n) is 1.31. The van der Waals surface area contributed by atoms with Crippen molar-refractivity contribution in [1.82, 2.24) is 4.98 Å². The molecule has 1 aromatic rings. The van der Waals surface area contributed by atoms with Crippen molar-refractivity contribution in [1.29, 1.82) is 5.26 Å². The van der Waals surface area contributed by atoms with Crippen LogP contribution in [0.2, 0.25) is 0 Å². The van der Waals surface area contributed by atoms with Crippen LogP contribution in [0.4, 0.5) is 0 Å². The van der Waals surface area contributed by atoms with Crippen molar-refractivity contribution in [2.45, 2.75) is 13.8 Å². The van der Waals surface area contributed by atoms with Gasteiger partial charge < -0.3 is 9.47 Å². The van der Waals surface area contributed by atoms with E-state index in [9.17, 15) is 9.59 Å². The van der Waals surface area contributed by atoms with Crippen LogP contribution in [0.1, 0.15) is 40.3 Å². The van der Waals surface area contributed by atoms with Crippen LogP contribution in [-0.4, -0.2) is 30.1 Å². The third-order valence-corrected chi connectivity index (χ3v) is 2.03. The molecule has 0 aliphatic rings. The van der Waals surface area contributed by atoms with Gasteiger partial charge in [-0.1, -0.05) is 0 Å². The summed E-state index contributed by atoms with van der Waals surface area (Å²) in [5, 5.41) is 9.03. The van der Waals surface area contributed by atoms with Crippen LogP contribution in [0.5, 0.6) is 0 Å². The molecule has 0 saturated heterocycles. The van der Waals surface area contributed by atoms with Gasteiger partial charge in [-0.25, -0.2) is 14.6 Å². The molecular formula is C12H12N2O4. The Kier molecular flexibility index (Phi) is 4.81. The highest BCUT2D eigenvalue weighted by molar-refractivity contribution is 5.98. The number of pyridine rings is 1. The molecule has 0 amide bonds. The van der Waals surface area contributed by atoms with Gasteiger partial charge in [-0.05, 0) is 19.9 Å². The molecule has 0 unspecified atom stereocenters. The summed E-state index contributed by atoms with van der Waals surface area (Å²) in [7, 11) is 0. The largest absolute Gasteiger partial charge is 0.462 e. The first-order valence-corrected chi connectivity index (χ1v) is 5.39. The molecule has 1 rings (SSSR count). The summed E-state index contributed by atoms with van der Waals surface area (Å²) in [4.78, 5) is 26.9. The maximum atomic E-state index is 11.6. The van der Waals surface area contributed by atoms with Crippen molar-refractivity contribution in [3.63, 3.8) is 0 Å². The quantitative estimate of drug-likeness (QED) is 0.746. The summed E-state index contributed by atoms with van der Waals surface area (Å²) in [5.41, 5.74) is -0.295. The summed E-state index contributed by atoms with van der Waals surface area (Å²) >= 11 is 0. The minimum Gasteiger partial charge on any atom is -0.462 e. The molecular weight excluding hydrogens is 236 g/mol. The third kappa shape index (κ3) is 2.83. The first-order chi connectivity index (χ1) is 8.65. The number of hydrogen-bond acceptors (Lipinski definition) is 6. The molecule has 0 bridgehead atoms. The van der Waals surface area contributed by atoms with E-state index in [1.807, 2.05) is 0 Å². The number of carbonyl (C=O) groups excluding carboxylic acids is 2. The molecule has 0 fully saturated rings. The van der Waals surface area contributed by atoms with Crippen LogP contribution in [0, 0.1) is 11.3 Å². The zero-order valence-electron chi connectivity index (χ0n) is 10.1. The SMILES string of the molecule is CCOC(=O)c1ccnc(C(=O)OCC)c1C#N. The third-order valence-electron chi connectivity index (χ3n) is 2.03. The molecule has 1 heterocycles. The van der Waals surface area contributed by atoms with E-state index in [1.165, 1.54) is 12.3 Å². The number of carbonyl (C=O) groups is 2. The van der Waals surface area contributed by atoms with Gasteiger partial charge in [0.2, 0.25) is 0 Å². The van der Waals surface area contributed by atoms with Gasteiger partial charge in [0.05, 0.1) is 24.3 Å². The van der Waals surface area contributed by atoms with Crippen LogP contribution in [0.15, 0.2) is 12.3 Å². The molecule has 0 radical (unpaired) electrons. The molecule has 1 aromatic heterocycles. The predicted octanol–water partition coefficient (Wildman–Crippen LogP) is 1.31. The molecule has 0 spiro atoms. The van der Waals surface area contributed by atoms with Crippen molar-refractivity contribution in [3.05, 3.63) is 29.1 Å². The first kappa shape index (κ1) is 13.6. The molecule has 18 heavy (non-hydrogen) atoms. The normalized spacial score (nSPS) is 9.39. The fraction of sp³-hybridized carbons (Fsp3) is 0.333. The molecule has 0 aliphatic heterocycles. The van der Waals surface area contributed by atoms with E-state index < -0.39 is 11.9 Å². The number of esters is 2. The van der Waals surface area contributed by atoms with Crippen LogP contribution >= 0.6 is 0 Å². The topological polar surface area (TPSA) is 89.3 Å². The number of rotatable bonds is 4. The zero-order valence-corrected chi connectivity index (χ0v) is 10.1. The Labute approximate surface area is 104 Å². The van der Waals surface area contributed by atoms with Crippen molar-refractivity contribution in [2.75, 3.05) is 13.2 Å². The average Bonchev–Trinajstić information content (AvgIpc) is 2.38. The summed E-state index contributed by atoms with van der Waals surface area (Å²) in [6.07, 6.45) is 1.26. The number of hydrogen-bond donors (Lipinski definition) is 0. The minimum absolute atomic E-state index is 0.0115. The van der Waals surface area contributed by atoms with Crippen molar-refractivity contribution in [2.24, 2.45) is 0 Å². The van der Waals surface area contributed by atoms with E-state index in [2.05, 4.69) is 4.98 Å². The highest BCUT2D eigenvalue weighted by Gasteiger charge is 2.21. The smallest absolute Gasteiger partial charge is 0.358 e. The van der Waals surface area contributed by atoms with Gasteiger partial charge in [0.15, 0.2) is 5.69 Å². The maximum absolute atomic E-state index is 11.6. The predicted molar refractivity (Wildman–Crippen MR) is 60.9 cm³/mol. The van der Waals surface area contributed by atoms with Crippen LogP contribution in [-0.2, 0) is 9.47 Å². The molecule has 0 saturated carbocycles. The Balaban J connectivity index is 3.23. The van der Waals surface area contributed by atoms with Crippen molar-refractivity contribution in [3.8, 4) is 6.07 Å². The lowest BCUT2D eigenvalue weighted by atomic mass is 10.1. The lowest BCUT2D eigenvalue weighted by Gasteiger charge is -2.07. The highest BCUT2D eigenvalue weighted by atomic mass is 16.5. The van der Waals surface area contributed by atoms with Gasteiger partial charge in [0, 0.05) is 6.20 Å². The second-order valence-corrected chi connectivity index (χ2v) is 3.13. The number of ether oxygens (including phenoxy) is 2. The molecule has 0 N–H and O–H groups in total. The number of aromatic nitrogens is 1. The Bertz CT molecular complexity index is 469.